The monoisotopic (exact) mass is 275 g/mol. The summed E-state index contributed by atoms with van der Waals surface area (Å²) in [6, 6.07) is -0.992. The summed E-state index contributed by atoms with van der Waals surface area (Å²) in [5.41, 5.74) is -0.683. The lowest BCUT2D eigenvalue weighted by atomic mass is 10.1. The second-order valence-corrected chi connectivity index (χ2v) is 5.24. The average Bonchev–Trinajstić information content (AvgIpc) is 2.22. The number of carbonyl (C=O) groups excluding carboxylic acids is 3. The van der Waals surface area contributed by atoms with Gasteiger partial charge in [-0.15, -0.1) is 0 Å². The third-order valence-electron chi connectivity index (χ3n) is 1.94. The summed E-state index contributed by atoms with van der Waals surface area (Å²) in [5, 5.41) is 2.36. The minimum absolute atomic E-state index is 0.273. The molecule has 1 amide bonds. The number of carbonyl (C=O) groups is 3. The highest BCUT2D eigenvalue weighted by Gasteiger charge is 2.29. The van der Waals surface area contributed by atoms with Crippen molar-refractivity contribution in [2.24, 2.45) is 5.92 Å². The number of esters is 1. The van der Waals surface area contributed by atoms with Crippen LogP contribution in [0, 0.1) is 5.92 Å². The molecular weight excluding hydrogens is 254 g/mol. The van der Waals surface area contributed by atoms with Crippen LogP contribution in [0.4, 0.5) is 9.59 Å². The number of hydrogen-bond donors (Lipinski definition) is 1. The lowest BCUT2D eigenvalue weighted by Gasteiger charge is -2.24. The molecule has 1 atom stereocenters. The summed E-state index contributed by atoms with van der Waals surface area (Å²) in [6.45, 7) is 8.48. The lowest BCUT2D eigenvalue weighted by molar-refractivity contribution is -0.143. The van der Waals surface area contributed by atoms with E-state index in [1.165, 1.54) is 0 Å². The number of rotatable bonds is 3. The second-order valence-electron chi connectivity index (χ2n) is 5.24. The fourth-order valence-electron chi connectivity index (χ4n) is 1.12. The van der Waals surface area contributed by atoms with Crippen LogP contribution in [0.25, 0.3) is 0 Å². The average molecular weight is 275 g/mol. The largest absolute Gasteiger partial charge is 0.515 e. The maximum absolute atomic E-state index is 11.7. The van der Waals surface area contributed by atoms with Crippen molar-refractivity contribution >= 4 is 18.2 Å². The fraction of sp³-hybridized carbons (Fsp3) is 0.750. The van der Waals surface area contributed by atoms with Crippen molar-refractivity contribution in [2.45, 2.75) is 46.3 Å². The number of amides is 1. The Morgan fingerprint density at radius 2 is 1.63 bits per heavy atom. The van der Waals surface area contributed by atoms with Crippen LogP contribution in [-0.2, 0) is 19.0 Å². The Hall–Kier alpha value is -1.79. The van der Waals surface area contributed by atoms with Crippen molar-refractivity contribution < 1.29 is 28.6 Å². The Morgan fingerprint density at radius 3 is 2.00 bits per heavy atom. The molecule has 0 radical (unpaired) electrons. The molecule has 0 heterocycles. The predicted octanol–water partition coefficient (Wildman–Crippen LogP) is 1.85. The van der Waals surface area contributed by atoms with Gasteiger partial charge in [0.05, 0.1) is 7.11 Å². The maximum Gasteiger partial charge on any atom is 0.515 e. The van der Waals surface area contributed by atoms with Gasteiger partial charge in [-0.05, 0) is 26.7 Å². The zero-order chi connectivity index (χ0) is 15.2. The van der Waals surface area contributed by atoms with Gasteiger partial charge in [0.25, 0.3) is 0 Å². The molecule has 110 valence electrons. The van der Waals surface area contributed by atoms with Crippen LogP contribution in [0.3, 0.4) is 0 Å². The van der Waals surface area contributed by atoms with Crippen LogP contribution in [0.5, 0.6) is 0 Å². The SMILES string of the molecule is COC(=O)OC(=O)[C@H](NC(=O)OC(C)(C)C)C(C)C. The van der Waals surface area contributed by atoms with Gasteiger partial charge in [-0.25, -0.2) is 14.4 Å². The highest BCUT2D eigenvalue weighted by atomic mass is 16.7. The first-order valence-corrected chi connectivity index (χ1v) is 5.86. The standard InChI is InChI=1S/C12H21NO6/c1-7(2)8(9(14)18-11(16)17-6)13-10(15)19-12(3,4)5/h7-8H,1-6H3,(H,13,15)/t8-/m1/s1. The van der Waals surface area contributed by atoms with Gasteiger partial charge in [-0.3, -0.25) is 0 Å². The Labute approximate surface area is 112 Å². The third-order valence-corrected chi connectivity index (χ3v) is 1.94. The van der Waals surface area contributed by atoms with E-state index >= 15 is 0 Å². The van der Waals surface area contributed by atoms with Gasteiger partial charge in [-0.1, -0.05) is 13.8 Å². The molecule has 0 spiro atoms. The molecule has 0 aromatic heterocycles. The van der Waals surface area contributed by atoms with E-state index in [0.29, 0.717) is 0 Å². The van der Waals surface area contributed by atoms with Gasteiger partial charge in [0.1, 0.15) is 11.6 Å². The van der Waals surface area contributed by atoms with E-state index in [0.717, 1.165) is 7.11 Å². The Kier molecular flexibility index (Phi) is 6.31. The van der Waals surface area contributed by atoms with Crippen molar-refractivity contribution in [2.75, 3.05) is 7.11 Å². The highest BCUT2D eigenvalue weighted by molar-refractivity contribution is 5.88. The minimum atomic E-state index is -1.12. The fourth-order valence-corrected chi connectivity index (χ4v) is 1.12. The molecule has 0 aliphatic carbocycles. The summed E-state index contributed by atoms with van der Waals surface area (Å²) >= 11 is 0. The van der Waals surface area contributed by atoms with Gasteiger partial charge in [0, 0.05) is 0 Å². The van der Waals surface area contributed by atoms with Crippen LogP contribution >= 0.6 is 0 Å². The van der Waals surface area contributed by atoms with Crippen molar-refractivity contribution in [3.05, 3.63) is 0 Å². The minimum Gasteiger partial charge on any atom is -0.444 e. The molecule has 0 unspecified atom stereocenters. The molecule has 0 aliphatic heterocycles. The van der Waals surface area contributed by atoms with E-state index in [1.807, 2.05) is 0 Å². The Balaban J connectivity index is 4.62. The van der Waals surface area contributed by atoms with E-state index in [4.69, 9.17) is 4.74 Å². The molecule has 0 saturated carbocycles. The first-order valence-electron chi connectivity index (χ1n) is 5.86. The second kappa shape index (κ2) is 6.96. The zero-order valence-electron chi connectivity index (χ0n) is 12.1. The molecule has 0 aliphatic rings. The number of methoxy groups -OCH3 is 1. The molecule has 0 aromatic rings. The van der Waals surface area contributed by atoms with E-state index in [-0.39, 0.29) is 5.92 Å². The van der Waals surface area contributed by atoms with Crippen LogP contribution in [0.15, 0.2) is 0 Å². The Bertz CT molecular complexity index is 345. The van der Waals surface area contributed by atoms with Crippen molar-refractivity contribution in [3.63, 3.8) is 0 Å². The molecule has 7 heteroatoms. The normalized spacial score (nSPS) is 12.6. The first kappa shape index (κ1) is 17.2. The molecule has 0 saturated heterocycles. The van der Waals surface area contributed by atoms with Crippen molar-refractivity contribution in [1.29, 1.82) is 0 Å². The van der Waals surface area contributed by atoms with Crippen LogP contribution < -0.4 is 5.32 Å². The number of ether oxygens (including phenoxy) is 3. The first-order chi connectivity index (χ1) is 8.56. The van der Waals surface area contributed by atoms with Crippen LogP contribution in [0.1, 0.15) is 34.6 Å². The van der Waals surface area contributed by atoms with Crippen LogP contribution in [-0.4, -0.2) is 37.0 Å². The molecule has 0 fully saturated rings. The summed E-state index contributed by atoms with van der Waals surface area (Å²) < 4.78 is 13.6. The van der Waals surface area contributed by atoms with Gasteiger partial charge in [-0.2, -0.15) is 0 Å². The maximum atomic E-state index is 11.7. The van der Waals surface area contributed by atoms with Crippen molar-refractivity contribution in [3.8, 4) is 0 Å². The lowest BCUT2D eigenvalue weighted by Crippen LogP contribution is -2.47. The molecule has 1 N–H and O–H groups in total. The molecular formula is C12H21NO6. The number of alkyl carbamates (subject to hydrolysis) is 1. The summed E-state index contributed by atoms with van der Waals surface area (Å²) in [7, 11) is 1.08. The summed E-state index contributed by atoms with van der Waals surface area (Å²) in [4.78, 5) is 34.1. The van der Waals surface area contributed by atoms with Gasteiger partial charge < -0.3 is 19.5 Å². The molecule has 0 bridgehead atoms. The van der Waals surface area contributed by atoms with Gasteiger partial charge in [0.2, 0.25) is 0 Å². The van der Waals surface area contributed by atoms with Gasteiger partial charge >= 0.3 is 18.2 Å². The molecule has 0 aromatic carbocycles. The summed E-state index contributed by atoms with van der Waals surface area (Å²) in [5.74, 6) is -1.17. The van der Waals surface area contributed by atoms with E-state index in [9.17, 15) is 14.4 Å². The third kappa shape index (κ3) is 7.28. The smallest absolute Gasteiger partial charge is 0.444 e. The van der Waals surface area contributed by atoms with E-state index in [2.05, 4.69) is 14.8 Å². The van der Waals surface area contributed by atoms with Gasteiger partial charge in [0.15, 0.2) is 0 Å². The van der Waals surface area contributed by atoms with E-state index in [1.54, 1.807) is 34.6 Å². The zero-order valence-corrected chi connectivity index (χ0v) is 12.1. The quantitative estimate of drug-likeness (QED) is 0.624. The Morgan fingerprint density at radius 1 is 1.11 bits per heavy atom. The highest BCUT2D eigenvalue weighted by Crippen LogP contribution is 2.09. The predicted molar refractivity (Wildman–Crippen MR) is 66.5 cm³/mol. The molecule has 7 nitrogen and oxygen atoms in total. The number of nitrogens with one attached hydrogen (secondary N) is 1. The van der Waals surface area contributed by atoms with Crippen molar-refractivity contribution in [1.82, 2.24) is 5.32 Å². The number of hydrogen-bond acceptors (Lipinski definition) is 6. The molecule has 0 rings (SSSR count). The van der Waals surface area contributed by atoms with Crippen LogP contribution in [0.2, 0.25) is 0 Å². The van der Waals surface area contributed by atoms with E-state index < -0.39 is 29.9 Å². The molecule has 19 heavy (non-hydrogen) atoms. The topological polar surface area (TPSA) is 90.9 Å². The summed E-state index contributed by atoms with van der Waals surface area (Å²) in [6.07, 6.45) is -1.88.